The third-order valence-corrected chi connectivity index (χ3v) is 18.2. The zero-order valence-corrected chi connectivity index (χ0v) is 60.5. The Hall–Kier alpha value is -8.23. The minimum Gasteiger partial charge on any atom is -0.508 e. The number of imidazole rings is 1. The predicted molar refractivity (Wildman–Crippen MR) is 376 cm³/mol. The lowest BCUT2D eigenvalue weighted by molar-refractivity contribution is -0.137. The number of nitrogens with one attached hydrogen (secondary N) is 11. The molecule has 1 aliphatic rings. The quantitative estimate of drug-likeness (QED) is 0.0127. The number of phenolic OH excluding ortho intramolecular Hbond substituents is 1. The van der Waals surface area contributed by atoms with Gasteiger partial charge in [0, 0.05) is 73.2 Å². The lowest BCUT2D eigenvalue weighted by Crippen LogP contribution is -2.61. The number of aliphatic hydroxyl groups is 1. The number of aliphatic imine (C=N–C) groups is 1. The number of nitrogens with zero attached hydrogens (tertiary/aromatic N) is 3. The van der Waals surface area contributed by atoms with Crippen LogP contribution in [0.1, 0.15) is 123 Å². The van der Waals surface area contributed by atoms with Crippen molar-refractivity contribution in [1.29, 1.82) is 0 Å². The van der Waals surface area contributed by atoms with E-state index in [-0.39, 0.29) is 106 Å². The van der Waals surface area contributed by atoms with E-state index in [9.17, 15) is 81.5 Å². The lowest BCUT2D eigenvalue weighted by atomic mass is 9.98. The van der Waals surface area contributed by atoms with Crippen molar-refractivity contribution in [2.75, 3.05) is 64.5 Å². The van der Waals surface area contributed by atoms with E-state index in [1.807, 2.05) is 13.8 Å². The summed E-state index contributed by atoms with van der Waals surface area (Å²) in [6.07, 6.45) is 7.23. The van der Waals surface area contributed by atoms with Gasteiger partial charge in [0.2, 0.25) is 65.0 Å². The maximum Gasteiger partial charge on any atom is 0.469 e. The molecule has 2 heterocycles. The van der Waals surface area contributed by atoms with Crippen molar-refractivity contribution in [2.45, 2.75) is 185 Å². The first kappa shape index (κ1) is 88.0. The largest absolute Gasteiger partial charge is 0.508 e. The summed E-state index contributed by atoms with van der Waals surface area (Å²) in [6.45, 7) is 6.12. The van der Waals surface area contributed by atoms with Gasteiger partial charge in [-0.3, -0.25) is 66.5 Å². The van der Waals surface area contributed by atoms with Gasteiger partial charge in [0.25, 0.3) is 0 Å². The van der Waals surface area contributed by atoms with E-state index < -0.39 is 164 Å². The molecule has 0 saturated carbocycles. The van der Waals surface area contributed by atoms with Crippen LogP contribution >= 0.6 is 7.82 Å². The van der Waals surface area contributed by atoms with Gasteiger partial charge in [-0.05, 0) is 120 Å². The number of hydrogen-bond acceptors (Lipinski definition) is 21. The number of carbonyl (C=O) groups is 11. The first-order chi connectivity index (χ1) is 48.2. The Balaban J connectivity index is 1.91. The van der Waals surface area contributed by atoms with Gasteiger partial charge < -0.3 is 112 Å². The highest BCUT2D eigenvalue weighted by molar-refractivity contribution is 7.84. The van der Waals surface area contributed by atoms with E-state index in [4.69, 9.17) is 28.7 Å². The van der Waals surface area contributed by atoms with Crippen molar-refractivity contribution in [3.63, 3.8) is 0 Å². The number of hydrogen-bond donors (Lipinski definition) is 20. The second-order valence-electron chi connectivity index (χ2n) is 25.5. The normalized spacial score (nSPS) is 16.5. The molecule has 1 saturated heterocycles. The molecule has 0 radical (unpaired) electrons. The van der Waals surface area contributed by atoms with E-state index >= 15 is 0 Å². The van der Waals surface area contributed by atoms with Crippen LogP contribution in [0.3, 0.4) is 0 Å². The molecule has 25 N–H and O–H groups in total. The predicted octanol–water partition coefficient (Wildman–Crippen LogP) is -5.15. The second-order valence-corrected chi connectivity index (χ2v) is 28.3. The number of aliphatic hydroxyl groups excluding tert-OH is 1. The van der Waals surface area contributed by atoms with Gasteiger partial charge in [-0.2, -0.15) is 0 Å². The molecule has 1 aromatic heterocycles. The molecule has 3 rings (SSSR count). The van der Waals surface area contributed by atoms with Crippen LogP contribution in [0.4, 0.5) is 0 Å². The van der Waals surface area contributed by atoms with Crippen molar-refractivity contribution in [3.05, 3.63) is 48.0 Å². The van der Waals surface area contributed by atoms with Crippen molar-refractivity contribution in [1.82, 2.24) is 68.0 Å². The average Bonchev–Trinajstić information content (AvgIpc) is 1.22. The molecule has 574 valence electrons. The minimum atomic E-state index is -5.34. The molecular weight excluding hydrogens is 1370 g/mol. The third-order valence-electron chi connectivity index (χ3n) is 16.9. The zero-order valence-electron chi connectivity index (χ0n) is 58.8. The molecule has 37 nitrogen and oxygen atoms in total. The number of guanidine groups is 1. The fourth-order valence-corrected chi connectivity index (χ4v) is 11.6. The molecule has 0 aliphatic carbocycles. The summed E-state index contributed by atoms with van der Waals surface area (Å²) in [7, 11) is -6.77. The number of aromatic amines is 1. The Labute approximate surface area is 595 Å². The summed E-state index contributed by atoms with van der Waals surface area (Å²) in [5.41, 5.74) is 29.5. The van der Waals surface area contributed by atoms with Gasteiger partial charge in [0.1, 0.15) is 54.1 Å². The summed E-state index contributed by atoms with van der Waals surface area (Å²) in [5.74, 6) is -12.2. The maximum absolute atomic E-state index is 14.5. The second kappa shape index (κ2) is 45.7. The first-order valence-electron chi connectivity index (χ1n) is 34.1. The van der Waals surface area contributed by atoms with Crippen LogP contribution in [0.2, 0.25) is 0 Å². The molecule has 102 heavy (non-hydrogen) atoms. The molecule has 11 amide bonds. The number of H-pyrrole nitrogens is 1. The highest BCUT2D eigenvalue weighted by Gasteiger charge is 2.38. The van der Waals surface area contributed by atoms with Crippen LogP contribution in [0.5, 0.6) is 5.75 Å². The van der Waals surface area contributed by atoms with E-state index in [0.717, 1.165) is 12.8 Å². The highest BCUT2D eigenvalue weighted by atomic mass is 32.2. The number of phenols is 1. The van der Waals surface area contributed by atoms with Crippen LogP contribution in [0, 0.1) is 17.8 Å². The van der Waals surface area contributed by atoms with Gasteiger partial charge in [-0.15, -0.1) is 0 Å². The van der Waals surface area contributed by atoms with Crippen molar-refractivity contribution in [2.24, 2.45) is 51.4 Å². The number of aromatic hydroxyl groups is 1. The first-order valence-corrected chi connectivity index (χ1v) is 37.3. The molecule has 0 spiro atoms. The van der Waals surface area contributed by atoms with Gasteiger partial charge in [-0.25, -0.2) is 9.55 Å². The molecular formula is C63H108N19O18PS. The standard InChI is InChI=1S/C63H108N19O18PS/c1-7-37(4)51(66)60(93)77-47(29-41-31-69-35-73-41)54(87)71-30-40(22-27-102(6)99)53(86)81-52(36(2)3)61(94)78-46(28-39-18-20-42(84)21-19-39)58(91)79-48(33-83)59(92)76-43(15-8-10-23-64)56(89)75-44(17-12-25-70-63(67)68)57(90)80-49(34-100-101(96,97)98)55(88)72-32-50(85)74-45(16-9-11-24-65)62(95)82-26-13-14-38(82)5/h18-21,31,35-38,40,43-49,51-52,83-84H,7-17,22-30,32-34,64-66H2,1-6H3,(H,69,73)(H,71,87)(H,72,88)(H,74,85)(H,75,89)(H,76,92)(H,77,93)(H,78,94)(H,79,91)(H,80,90)(H,81,86)(H4,67,68,70)(H2,96,97,98)/t37-,38+,40+,43?,44-,45-,46-,47-,48-,49-,51-,52-,102?/m0/s1. The summed E-state index contributed by atoms with van der Waals surface area (Å²) >= 11 is 0. The van der Waals surface area contributed by atoms with Crippen LogP contribution in [0.15, 0.2) is 41.8 Å². The number of benzene rings is 1. The van der Waals surface area contributed by atoms with E-state index in [2.05, 4.69) is 72.7 Å². The van der Waals surface area contributed by atoms with Crippen LogP contribution in [-0.4, -0.2) is 235 Å². The molecule has 2 aromatic rings. The number of phosphoric ester groups is 1. The molecule has 0 bridgehead atoms. The number of phosphoric acid groups is 1. The fourth-order valence-electron chi connectivity index (χ4n) is 10.7. The van der Waals surface area contributed by atoms with Crippen molar-refractivity contribution in [3.8, 4) is 5.75 Å². The number of likely N-dealkylation sites (tertiary alicyclic amines) is 1. The molecule has 13 atom stereocenters. The Kier molecular flexibility index (Phi) is 39.4. The maximum atomic E-state index is 14.5. The summed E-state index contributed by atoms with van der Waals surface area (Å²) in [5, 5.41) is 46.1. The van der Waals surface area contributed by atoms with E-state index in [1.165, 1.54) is 43.0 Å². The fraction of sp³-hybridized carbons (Fsp3) is 0.667. The van der Waals surface area contributed by atoms with Crippen molar-refractivity contribution < 1.29 is 86.0 Å². The number of nitrogens with two attached hydrogens (primary N) is 5. The Morgan fingerprint density at radius 3 is 1.79 bits per heavy atom. The molecule has 1 aliphatic heterocycles. The van der Waals surface area contributed by atoms with Crippen LogP contribution < -0.4 is 81.8 Å². The molecule has 1 fully saturated rings. The molecule has 39 heteroatoms. The number of rotatable bonds is 48. The number of unbranched alkanes of at least 4 members (excludes halogenated alkanes) is 2. The highest BCUT2D eigenvalue weighted by Crippen LogP contribution is 2.35. The number of amides is 11. The lowest BCUT2D eigenvalue weighted by Gasteiger charge is -2.29. The SMILES string of the molecule is CC[C@H](C)[C@H](N)C(=O)N[C@@H](Cc1cnc[nH]1)C(=O)NC[C@@H](CCS(C)=O)C(=O)N[C@H](C(=O)N[C@@H](Cc1ccc(O)cc1)C(=O)N[C@@H](CO)C(=O)NC(CCCCN)C(=O)N[C@@H](CCCN=C(N)N)C(=O)N[C@@H](COP(=O)(O)O)C(=O)NCC(=O)N[C@@H](CCCCN)C(=O)N1CCC[C@H]1C)C(C)C. The molecule has 1 aromatic carbocycles. The summed E-state index contributed by atoms with van der Waals surface area (Å²) in [6, 6.07) is -7.74. The average molecular weight is 1480 g/mol. The minimum absolute atomic E-state index is 0.00459. The Morgan fingerprint density at radius 2 is 1.25 bits per heavy atom. The summed E-state index contributed by atoms with van der Waals surface area (Å²) < 4.78 is 29.0. The van der Waals surface area contributed by atoms with Crippen LogP contribution in [0.25, 0.3) is 0 Å². The van der Waals surface area contributed by atoms with Gasteiger partial charge in [-0.1, -0.05) is 46.2 Å². The Morgan fingerprint density at radius 1 is 0.706 bits per heavy atom. The molecule has 2 unspecified atom stereocenters. The number of aromatic nitrogens is 2. The van der Waals surface area contributed by atoms with Crippen LogP contribution in [-0.2, 0) is 85.5 Å². The topological polar surface area (TPSA) is 607 Å². The third kappa shape index (κ3) is 32.4. The van der Waals surface area contributed by atoms with E-state index in [0.29, 0.717) is 50.0 Å². The zero-order chi connectivity index (χ0) is 76.2. The monoisotopic (exact) mass is 1480 g/mol. The number of carbonyl (C=O) groups excluding carboxylic acids is 11. The van der Waals surface area contributed by atoms with Gasteiger partial charge >= 0.3 is 7.82 Å². The van der Waals surface area contributed by atoms with Gasteiger partial charge in [0.15, 0.2) is 5.96 Å². The van der Waals surface area contributed by atoms with E-state index in [1.54, 1.807) is 25.7 Å². The summed E-state index contributed by atoms with van der Waals surface area (Å²) in [4.78, 5) is 186. The van der Waals surface area contributed by atoms with Gasteiger partial charge in [0.05, 0.1) is 38.0 Å². The smallest absolute Gasteiger partial charge is 0.469 e. The Bertz CT molecular complexity index is 3150. The van der Waals surface area contributed by atoms with Crippen molar-refractivity contribution >= 4 is 89.6 Å².